The second kappa shape index (κ2) is 8.11. The average molecular weight is 463 g/mol. The molecule has 1 aromatic heterocycles. The summed E-state index contributed by atoms with van der Waals surface area (Å²) in [7, 11) is 5.38. The Morgan fingerprint density at radius 1 is 1.00 bits per heavy atom. The number of rotatable bonds is 5. The van der Waals surface area contributed by atoms with Gasteiger partial charge in [-0.2, -0.15) is 0 Å². The molecule has 0 aliphatic carbocycles. The second-order valence-electron chi connectivity index (χ2n) is 9.03. The SMILES string of the molecule is COc1cc(Br)cc(OC)c1-c1ccc(N(C)C2CC(C)(C)NC(C)(C)C2)nn1. The first kappa shape index (κ1) is 21.8. The van der Waals surface area contributed by atoms with Crippen LogP contribution in [-0.4, -0.2) is 48.6 Å². The van der Waals surface area contributed by atoms with E-state index in [1.54, 1.807) is 14.2 Å². The molecule has 7 heteroatoms. The maximum Gasteiger partial charge on any atom is 0.151 e. The molecule has 1 aliphatic heterocycles. The molecule has 1 fully saturated rings. The summed E-state index contributed by atoms with van der Waals surface area (Å²) in [6.45, 7) is 9.04. The molecule has 1 aliphatic rings. The molecule has 0 radical (unpaired) electrons. The zero-order valence-corrected chi connectivity index (χ0v) is 19.9. The van der Waals surface area contributed by atoms with E-state index in [0.717, 1.165) is 28.7 Å². The number of aromatic nitrogens is 2. The van der Waals surface area contributed by atoms with Crippen LogP contribution in [0.1, 0.15) is 40.5 Å². The number of benzene rings is 1. The van der Waals surface area contributed by atoms with Crippen molar-refractivity contribution >= 4 is 21.7 Å². The van der Waals surface area contributed by atoms with Gasteiger partial charge in [-0.1, -0.05) is 15.9 Å². The van der Waals surface area contributed by atoms with E-state index in [1.807, 2.05) is 24.3 Å². The van der Waals surface area contributed by atoms with Crippen LogP contribution in [-0.2, 0) is 0 Å². The summed E-state index contributed by atoms with van der Waals surface area (Å²) in [5.41, 5.74) is 1.66. The van der Waals surface area contributed by atoms with E-state index in [-0.39, 0.29) is 11.1 Å². The van der Waals surface area contributed by atoms with Gasteiger partial charge in [0.15, 0.2) is 5.82 Å². The van der Waals surface area contributed by atoms with Gasteiger partial charge >= 0.3 is 0 Å². The maximum absolute atomic E-state index is 5.55. The first-order chi connectivity index (χ1) is 13.5. The Kier molecular flexibility index (Phi) is 6.11. The van der Waals surface area contributed by atoms with Gasteiger partial charge in [0.1, 0.15) is 17.2 Å². The van der Waals surface area contributed by atoms with Crippen molar-refractivity contribution in [3.63, 3.8) is 0 Å². The fourth-order valence-corrected chi connectivity index (χ4v) is 4.92. The van der Waals surface area contributed by atoms with Crippen LogP contribution in [0.3, 0.4) is 0 Å². The first-order valence-electron chi connectivity index (χ1n) is 9.83. The van der Waals surface area contributed by atoms with Crippen LogP contribution in [0.25, 0.3) is 11.3 Å². The number of anilines is 1. The molecule has 2 aromatic rings. The van der Waals surface area contributed by atoms with Crippen LogP contribution >= 0.6 is 15.9 Å². The van der Waals surface area contributed by atoms with Crippen LogP contribution in [0.2, 0.25) is 0 Å². The Balaban J connectivity index is 1.90. The lowest BCUT2D eigenvalue weighted by Gasteiger charge is -2.49. The smallest absolute Gasteiger partial charge is 0.151 e. The van der Waals surface area contributed by atoms with Crippen LogP contribution in [0, 0.1) is 0 Å². The summed E-state index contributed by atoms with van der Waals surface area (Å²) in [6.07, 6.45) is 2.09. The van der Waals surface area contributed by atoms with Crippen molar-refractivity contribution in [2.45, 2.75) is 57.7 Å². The van der Waals surface area contributed by atoms with Crippen LogP contribution in [0.5, 0.6) is 11.5 Å². The topological polar surface area (TPSA) is 59.5 Å². The molecular formula is C22H31BrN4O2. The van der Waals surface area contributed by atoms with E-state index in [4.69, 9.17) is 9.47 Å². The van der Waals surface area contributed by atoms with Gasteiger partial charge in [0.2, 0.25) is 0 Å². The van der Waals surface area contributed by atoms with Crippen molar-refractivity contribution in [1.82, 2.24) is 15.5 Å². The van der Waals surface area contributed by atoms with Crippen molar-refractivity contribution in [3.05, 3.63) is 28.7 Å². The van der Waals surface area contributed by atoms with E-state index in [0.29, 0.717) is 23.2 Å². The number of halogens is 1. The highest BCUT2D eigenvalue weighted by atomic mass is 79.9. The molecule has 0 spiro atoms. The molecule has 6 nitrogen and oxygen atoms in total. The lowest BCUT2D eigenvalue weighted by atomic mass is 9.79. The zero-order valence-electron chi connectivity index (χ0n) is 18.3. The minimum Gasteiger partial charge on any atom is -0.496 e. The third-order valence-electron chi connectivity index (χ3n) is 5.45. The summed E-state index contributed by atoms with van der Waals surface area (Å²) in [5, 5.41) is 12.8. The quantitative estimate of drug-likeness (QED) is 0.696. The molecule has 0 bridgehead atoms. The molecule has 1 N–H and O–H groups in total. The fourth-order valence-electron chi connectivity index (χ4n) is 4.51. The summed E-state index contributed by atoms with van der Waals surface area (Å²) >= 11 is 3.49. The van der Waals surface area contributed by atoms with Crippen LogP contribution < -0.4 is 19.7 Å². The minimum absolute atomic E-state index is 0.0756. The largest absolute Gasteiger partial charge is 0.496 e. The van der Waals surface area contributed by atoms with Crippen LogP contribution in [0.15, 0.2) is 28.7 Å². The number of nitrogens with one attached hydrogen (secondary N) is 1. The number of nitrogens with zero attached hydrogens (tertiary/aromatic N) is 3. The lowest BCUT2D eigenvalue weighted by molar-refractivity contribution is 0.160. The third kappa shape index (κ3) is 4.83. The van der Waals surface area contributed by atoms with Gasteiger partial charge in [0.05, 0.1) is 19.8 Å². The van der Waals surface area contributed by atoms with Gasteiger partial charge in [-0.05, 0) is 64.8 Å². The average Bonchev–Trinajstić information content (AvgIpc) is 2.64. The molecule has 0 amide bonds. The molecule has 1 aromatic carbocycles. The van der Waals surface area contributed by atoms with Gasteiger partial charge in [0, 0.05) is 28.6 Å². The summed E-state index contributed by atoms with van der Waals surface area (Å²) < 4.78 is 12.0. The van der Waals surface area contributed by atoms with Crippen molar-refractivity contribution in [1.29, 1.82) is 0 Å². The fraction of sp³-hybridized carbons (Fsp3) is 0.545. The Morgan fingerprint density at radius 3 is 2.00 bits per heavy atom. The Labute approximate surface area is 182 Å². The van der Waals surface area contributed by atoms with Crippen molar-refractivity contribution in [2.75, 3.05) is 26.2 Å². The number of ether oxygens (including phenoxy) is 2. The van der Waals surface area contributed by atoms with Crippen LogP contribution in [0.4, 0.5) is 5.82 Å². The van der Waals surface area contributed by atoms with E-state index >= 15 is 0 Å². The highest BCUT2D eigenvalue weighted by Gasteiger charge is 2.39. The molecule has 0 unspecified atom stereocenters. The number of methoxy groups -OCH3 is 2. The molecule has 158 valence electrons. The molecule has 0 saturated carbocycles. The zero-order chi connectivity index (χ0) is 21.4. The minimum atomic E-state index is 0.0756. The van der Waals surface area contributed by atoms with E-state index in [2.05, 4.69) is 71.1 Å². The molecular weight excluding hydrogens is 432 g/mol. The summed E-state index contributed by atoms with van der Waals surface area (Å²) in [5.74, 6) is 2.24. The highest BCUT2D eigenvalue weighted by molar-refractivity contribution is 9.10. The lowest BCUT2D eigenvalue weighted by Crippen LogP contribution is -2.62. The van der Waals surface area contributed by atoms with E-state index in [9.17, 15) is 0 Å². The normalized spacial score (nSPS) is 18.3. The van der Waals surface area contributed by atoms with E-state index < -0.39 is 0 Å². The Bertz CT molecular complexity index is 827. The first-order valence-corrected chi connectivity index (χ1v) is 10.6. The van der Waals surface area contributed by atoms with Gasteiger partial charge in [-0.25, -0.2) is 0 Å². The van der Waals surface area contributed by atoms with Gasteiger partial charge in [-0.15, -0.1) is 10.2 Å². The maximum atomic E-state index is 5.55. The molecule has 29 heavy (non-hydrogen) atoms. The van der Waals surface area contributed by atoms with Crippen molar-refractivity contribution < 1.29 is 9.47 Å². The van der Waals surface area contributed by atoms with E-state index in [1.165, 1.54) is 0 Å². The molecule has 2 heterocycles. The Hall–Kier alpha value is -1.86. The molecule has 1 saturated heterocycles. The summed E-state index contributed by atoms with van der Waals surface area (Å²) in [6, 6.07) is 8.19. The predicted octanol–water partition coefficient (Wildman–Crippen LogP) is 4.67. The molecule has 3 rings (SSSR count). The monoisotopic (exact) mass is 462 g/mol. The second-order valence-corrected chi connectivity index (χ2v) is 9.94. The number of piperidine rings is 1. The van der Waals surface area contributed by atoms with Gasteiger partial charge in [-0.3, -0.25) is 0 Å². The third-order valence-corrected chi connectivity index (χ3v) is 5.91. The number of hydrogen-bond donors (Lipinski definition) is 1. The standard InChI is InChI=1S/C22H31BrN4O2/c1-21(2)12-15(13-22(3,4)26-21)27(5)19-9-8-16(24-25-19)20-17(28-6)10-14(23)11-18(20)29-7/h8-11,15,26H,12-13H2,1-7H3. The summed E-state index contributed by atoms with van der Waals surface area (Å²) in [4.78, 5) is 2.25. The van der Waals surface area contributed by atoms with Crippen molar-refractivity contribution in [2.24, 2.45) is 0 Å². The Morgan fingerprint density at radius 2 is 1.55 bits per heavy atom. The van der Waals surface area contributed by atoms with Crippen molar-refractivity contribution in [3.8, 4) is 22.8 Å². The van der Waals surface area contributed by atoms with Gasteiger partial charge < -0.3 is 19.7 Å². The number of hydrogen-bond acceptors (Lipinski definition) is 6. The predicted molar refractivity (Wildman–Crippen MR) is 121 cm³/mol. The van der Waals surface area contributed by atoms with Gasteiger partial charge in [0.25, 0.3) is 0 Å². The molecule has 0 atom stereocenters. The highest BCUT2D eigenvalue weighted by Crippen LogP contribution is 2.40.